The zero-order valence-electron chi connectivity index (χ0n) is 14.0. The topological polar surface area (TPSA) is 59.6 Å². The summed E-state index contributed by atoms with van der Waals surface area (Å²) in [6.07, 6.45) is 0. The number of carbonyl (C=O) groups is 1. The second-order valence-electron chi connectivity index (χ2n) is 6.06. The van der Waals surface area contributed by atoms with Crippen molar-refractivity contribution in [3.8, 4) is 11.5 Å². The van der Waals surface area contributed by atoms with Gasteiger partial charge in [0.15, 0.2) is 11.5 Å². The monoisotopic (exact) mass is 326 g/mol. The van der Waals surface area contributed by atoms with Gasteiger partial charge in [-0.2, -0.15) is 0 Å². The van der Waals surface area contributed by atoms with Crippen LogP contribution in [0.4, 0.5) is 5.69 Å². The maximum Gasteiger partial charge on any atom is 0.239 e. The second kappa shape index (κ2) is 7.25. The van der Waals surface area contributed by atoms with Crippen molar-refractivity contribution in [3.05, 3.63) is 53.6 Å². The third-order valence-electron chi connectivity index (χ3n) is 3.95. The molecule has 0 aliphatic carbocycles. The van der Waals surface area contributed by atoms with Gasteiger partial charge in [-0.25, -0.2) is 0 Å². The van der Waals surface area contributed by atoms with Gasteiger partial charge in [-0.3, -0.25) is 4.79 Å². The predicted molar refractivity (Wildman–Crippen MR) is 93.4 cm³/mol. The van der Waals surface area contributed by atoms with Crippen LogP contribution in [0.25, 0.3) is 0 Å². The van der Waals surface area contributed by atoms with Crippen molar-refractivity contribution in [2.45, 2.75) is 26.3 Å². The summed E-state index contributed by atoms with van der Waals surface area (Å²) in [7, 11) is 0. The summed E-state index contributed by atoms with van der Waals surface area (Å²) < 4.78 is 10.6. The molecule has 1 amide bonds. The lowest BCUT2D eigenvalue weighted by molar-refractivity contribution is -0.119. The first-order chi connectivity index (χ1) is 11.6. The number of fused-ring (bicyclic) bond motifs is 1. The molecule has 0 aromatic heterocycles. The SMILES string of the molecule is CC(C)c1ccccc1NCC(=O)NCc1ccc2c(c1)OCO2. The molecule has 0 radical (unpaired) electrons. The number of hydrogen-bond acceptors (Lipinski definition) is 4. The Morgan fingerprint density at radius 3 is 2.75 bits per heavy atom. The molecule has 5 nitrogen and oxygen atoms in total. The highest BCUT2D eigenvalue weighted by Crippen LogP contribution is 2.32. The lowest BCUT2D eigenvalue weighted by Gasteiger charge is -2.14. The van der Waals surface area contributed by atoms with Crippen molar-refractivity contribution in [3.63, 3.8) is 0 Å². The van der Waals surface area contributed by atoms with Crippen LogP contribution >= 0.6 is 0 Å². The summed E-state index contributed by atoms with van der Waals surface area (Å²) in [5.41, 5.74) is 3.20. The Hall–Kier alpha value is -2.69. The number of rotatable bonds is 6. The average molecular weight is 326 g/mol. The van der Waals surface area contributed by atoms with Gasteiger partial charge in [0.1, 0.15) is 0 Å². The minimum atomic E-state index is -0.0498. The molecule has 0 atom stereocenters. The van der Waals surface area contributed by atoms with Crippen molar-refractivity contribution >= 4 is 11.6 Å². The van der Waals surface area contributed by atoms with E-state index >= 15 is 0 Å². The molecule has 0 fully saturated rings. The highest BCUT2D eigenvalue weighted by Gasteiger charge is 2.13. The third kappa shape index (κ3) is 3.79. The number of hydrogen-bond donors (Lipinski definition) is 2. The van der Waals surface area contributed by atoms with Gasteiger partial charge in [-0.05, 0) is 35.2 Å². The van der Waals surface area contributed by atoms with Gasteiger partial charge in [-0.15, -0.1) is 0 Å². The third-order valence-corrected chi connectivity index (χ3v) is 3.95. The normalized spacial score (nSPS) is 12.3. The van der Waals surface area contributed by atoms with Crippen molar-refractivity contribution in [2.24, 2.45) is 0 Å². The van der Waals surface area contributed by atoms with Gasteiger partial charge >= 0.3 is 0 Å². The number of amides is 1. The summed E-state index contributed by atoms with van der Waals surface area (Å²) >= 11 is 0. The van der Waals surface area contributed by atoms with E-state index in [2.05, 4.69) is 30.5 Å². The number of ether oxygens (including phenoxy) is 2. The number of carbonyl (C=O) groups excluding carboxylic acids is 1. The quantitative estimate of drug-likeness (QED) is 0.855. The van der Waals surface area contributed by atoms with E-state index in [0.717, 1.165) is 22.7 Å². The van der Waals surface area contributed by atoms with Crippen molar-refractivity contribution in [2.75, 3.05) is 18.7 Å². The molecule has 0 spiro atoms. The smallest absolute Gasteiger partial charge is 0.239 e. The summed E-state index contributed by atoms with van der Waals surface area (Å²) in [6, 6.07) is 13.7. The first kappa shape index (κ1) is 16.2. The second-order valence-corrected chi connectivity index (χ2v) is 6.06. The molecular formula is C19H22N2O3. The Labute approximate surface area is 142 Å². The van der Waals surface area contributed by atoms with Crippen LogP contribution in [0.2, 0.25) is 0 Å². The predicted octanol–water partition coefficient (Wildman–Crippen LogP) is 3.27. The Kier molecular flexibility index (Phi) is 4.89. The molecule has 0 saturated carbocycles. The molecule has 1 aliphatic rings. The van der Waals surface area contributed by atoms with E-state index in [1.165, 1.54) is 5.56 Å². The van der Waals surface area contributed by atoms with Gasteiger partial charge in [0.05, 0.1) is 6.54 Å². The standard InChI is InChI=1S/C19H22N2O3/c1-13(2)15-5-3-4-6-16(15)20-11-19(22)21-10-14-7-8-17-18(9-14)24-12-23-17/h3-9,13,20H,10-12H2,1-2H3,(H,21,22). The van der Waals surface area contributed by atoms with E-state index in [0.29, 0.717) is 12.5 Å². The molecular weight excluding hydrogens is 304 g/mol. The van der Waals surface area contributed by atoms with E-state index in [1.54, 1.807) is 0 Å². The first-order valence-corrected chi connectivity index (χ1v) is 8.11. The lowest BCUT2D eigenvalue weighted by atomic mass is 10.0. The minimum Gasteiger partial charge on any atom is -0.454 e. The molecule has 3 rings (SSSR count). The number of nitrogens with one attached hydrogen (secondary N) is 2. The van der Waals surface area contributed by atoms with Gasteiger partial charge in [-0.1, -0.05) is 38.1 Å². The minimum absolute atomic E-state index is 0.0498. The molecule has 0 unspecified atom stereocenters. The average Bonchev–Trinajstić information content (AvgIpc) is 3.06. The van der Waals surface area contributed by atoms with Crippen molar-refractivity contribution < 1.29 is 14.3 Å². The van der Waals surface area contributed by atoms with Crippen LogP contribution in [0, 0.1) is 0 Å². The molecule has 24 heavy (non-hydrogen) atoms. The summed E-state index contributed by atoms with van der Waals surface area (Å²) in [6.45, 7) is 5.24. The number of benzene rings is 2. The van der Waals surface area contributed by atoms with E-state index in [9.17, 15) is 4.79 Å². The van der Waals surface area contributed by atoms with Crippen LogP contribution in [0.3, 0.4) is 0 Å². The fraction of sp³-hybridized carbons (Fsp3) is 0.316. The molecule has 1 heterocycles. The molecule has 2 aromatic rings. The molecule has 126 valence electrons. The molecule has 0 saturated heterocycles. The van der Waals surface area contributed by atoms with Crippen LogP contribution in [0.5, 0.6) is 11.5 Å². The summed E-state index contributed by atoms with van der Waals surface area (Å²) in [5, 5.41) is 6.13. The fourth-order valence-corrected chi connectivity index (χ4v) is 2.65. The largest absolute Gasteiger partial charge is 0.454 e. The van der Waals surface area contributed by atoms with E-state index < -0.39 is 0 Å². The molecule has 5 heteroatoms. The number of anilines is 1. The van der Waals surface area contributed by atoms with E-state index in [4.69, 9.17) is 9.47 Å². The highest BCUT2D eigenvalue weighted by molar-refractivity contribution is 5.81. The zero-order valence-corrected chi connectivity index (χ0v) is 14.0. The van der Waals surface area contributed by atoms with Crippen molar-refractivity contribution in [1.29, 1.82) is 0 Å². The Morgan fingerprint density at radius 2 is 1.92 bits per heavy atom. The van der Waals surface area contributed by atoms with Gasteiger partial charge in [0, 0.05) is 12.2 Å². The highest BCUT2D eigenvalue weighted by atomic mass is 16.7. The molecule has 2 aromatic carbocycles. The Balaban J connectivity index is 1.51. The lowest BCUT2D eigenvalue weighted by Crippen LogP contribution is -2.29. The van der Waals surface area contributed by atoms with Crippen LogP contribution in [0.1, 0.15) is 30.9 Å². The molecule has 0 bridgehead atoms. The summed E-state index contributed by atoms with van der Waals surface area (Å²) in [5.74, 6) is 1.83. The Bertz CT molecular complexity index is 728. The Morgan fingerprint density at radius 1 is 1.12 bits per heavy atom. The van der Waals surface area contributed by atoms with E-state index in [-0.39, 0.29) is 19.2 Å². The maximum atomic E-state index is 12.1. The van der Waals surface area contributed by atoms with Crippen LogP contribution < -0.4 is 20.1 Å². The van der Waals surface area contributed by atoms with Gasteiger partial charge < -0.3 is 20.1 Å². The van der Waals surface area contributed by atoms with E-state index in [1.807, 2.05) is 36.4 Å². The van der Waals surface area contributed by atoms with Crippen LogP contribution in [0.15, 0.2) is 42.5 Å². The van der Waals surface area contributed by atoms with Crippen LogP contribution in [-0.2, 0) is 11.3 Å². The molecule has 2 N–H and O–H groups in total. The number of para-hydroxylation sites is 1. The van der Waals surface area contributed by atoms with Crippen LogP contribution in [-0.4, -0.2) is 19.2 Å². The van der Waals surface area contributed by atoms with Gasteiger partial charge in [0.2, 0.25) is 12.7 Å². The first-order valence-electron chi connectivity index (χ1n) is 8.11. The zero-order chi connectivity index (χ0) is 16.9. The maximum absolute atomic E-state index is 12.1. The van der Waals surface area contributed by atoms with Gasteiger partial charge in [0.25, 0.3) is 0 Å². The fourth-order valence-electron chi connectivity index (χ4n) is 2.65. The molecule has 1 aliphatic heterocycles. The summed E-state index contributed by atoms with van der Waals surface area (Å²) in [4.78, 5) is 12.1. The van der Waals surface area contributed by atoms with Crippen molar-refractivity contribution in [1.82, 2.24) is 5.32 Å².